The molecule has 2 heterocycles. The van der Waals surface area contributed by atoms with E-state index in [-0.39, 0.29) is 18.0 Å². The van der Waals surface area contributed by atoms with Gasteiger partial charge in [0.25, 0.3) is 5.56 Å². The van der Waals surface area contributed by atoms with Gasteiger partial charge >= 0.3 is 0 Å². The number of carbonyl (C=O) groups excluding carboxylic acids is 1. The molecule has 1 amide bonds. The van der Waals surface area contributed by atoms with Crippen LogP contribution in [0.15, 0.2) is 52.5 Å². The Morgan fingerprint density at radius 1 is 1.32 bits per heavy atom. The van der Waals surface area contributed by atoms with Crippen molar-refractivity contribution in [2.45, 2.75) is 32.7 Å². The zero-order valence-corrected chi connectivity index (χ0v) is 17.1. The number of nitrogens with zero attached hydrogens (tertiary/aromatic N) is 3. The van der Waals surface area contributed by atoms with E-state index in [0.29, 0.717) is 21.8 Å². The van der Waals surface area contributed by atoms with Gasteiger partial charge in [0, 0.05) is 28.2 Å². The molecule has 4 rings (SSSR count). The number of benzene rings is 1. The first-order valence-corrected chi connectivity index (χ1v) is 10.6. The van der Waals surface area contributed by atoms with Gasteiger partial charge in [0.1, 0.15) is 11.4 Å². The van der Waals surface area contributed by atoms with Gasteiger partial charge < -0.3 is 4.90 Å². The lowest BCUT2D eigenvalue weighted by Crippen LogP contribution is -2.35. The maximum atomic E-state index is 13.1. The van der Waals surface area contributed by atoms with Crippen molar-refractivity contribution in [3.05, 3.63) is 63.1 Å². The first-order valence-electron chi connectivity index (χ1n) is 9.30. The van der Waals surface area contributed by atoms with Gasteiger partial charge in [-0.25, -0.2) is 4.98 Å². The Kier molecular flexibility index (Phi) is 5.33. The Morgan fingerprint density at radius 3 is 2.79 bits per heavy atom. The summed E-state index contributed by atoms with van der Waals surface area (Å²) in [4.78, 5) is 32.8. The third-order valence-electron chi connectivity index (χ3n) is 5.00. The fourth-order valence-electron chi connectivity index (χ4n) is 3.59. The number of hydrogen-bond donors (Lipinski definition) is 0. The molecule has 1 aliphatic rings. The normalized spacial score (nSPS) is 13.7. The third kappa shape index (κ3) is 3.50. The van der Waals surface area contributed by atoms with Gasteiger partial charge in [-0.05, 0) is 43.9 Å². The SMILES string of the molecule is CCN(C(=O)Cn1cnc2scc(-c3ccc(Cl)cc3)c2c1=O)C1=CCCC1. The van der Waals surface area contributed by atoms with Gasteiger partial charge in [0.15, 0.2) is 0 Å². The smallest absolute Gasteiger partial charge is 0.263 e. The summed E-state index contributed by atoms with van der Waals surface area (Å²) in [6, 6.07) is 7.37. The van der Waals surface area contributed by atoms with Crippen molar-refractivity contribution in [3.63, 3.8) is 0 Å². The minimum absolute atomic E-state index is 0.0111. The van der Waals surface area contributed by atoms with E-state index in [1.54, 1.807) is 17.0 Å². The molecule has 0 bridgehead atoms. The molecule has 0 saturated heterocycles. The number of hydrogen-bond acceptors (Lipinski definition) is 4. The van der Waals surface area contributed by atoms with E-state index in [1.807, 2.05) is 24.4 Å². The van der Waals surface area contributed by atoms with Crippen molar-refractivity contribution < 1.29 is 4.79 Å². The zero-order chi connectivity index (χ0) is 19.7. The molecule has 0 aliphatic heterocycles. The Bertz CT molecular complexity index is 1110. The number of aromatic nitrogens is 2. The van der Waals surface area contributed by atoms with Crippen molar-refractivity contribution in [1.29, 1.82) is 0 Å². The van der Waals surface area contributed by atoms with Gasteiger partial charge in [-0.2, -0.15) is 0 Å². The van der Waals surface area contributed by atoms with Crippen molar-refractivity contribution in [2.24, 2.45) is 0 Å². The molecule has 0 radical (unpaired) electrons. The van der Waals surface area contributed by atoms with Crippen LogP contribution in [0.5, 0.6) is 0 Å². The van der Waals surface area contributed by atoms with E-state index >= 15 is 0 Å². The molecule has 0 saturated carbocycles. The van der Waals surface area contributed by atoms with Crippen molar-refractivity contribution in [1.82, 2.24) is 14.5 Å². The Hall–Kier alpha value is -2.44. The van der Waals surface area contributed by atoms with E-state index in [4.69, 9.17) is 11.6 Å². The summed E-state index contributed by atoms with van der Waals surface area (Å²) in [6.45, 7) is 2.55. The van der Waals surface area contributed by atoms with Gasteiger partial charge in [-0.1, -0.05) is 29.8 Å². The minimum Gasteiger partial charge on any atom is -0.315 e. The molecule has 144 valence electrons. The minimum atomic E-state index is -0.194. The van der Waals surface area contributed by atoms with Gasteiger partial charge in [0.05, 0.1) is 11.7 Å². The average molecular weight is 414 g/mol. The van der Waals surface area contributed by atoms with E-state index < -0.39 is 0 Å². The maximum absolute atomic E-state index is 13.1. The summed E-state index contributed by atoms with van der Waals surface area (Å²) in [6.07, 6.45) is 6.58. The van der Waals surface area contributed by atoms with E-state index in [2.05, 4.69) is 11.1 Å². The lowest BCUT2D eigenvalue weighted by molar-refractivity contribution is -0.129. The highest BCUT2D eigenvalue weighted by Gasteiger charge is 2.20. The topological polar surface area (TPSA) is 55.2 Å². The second kappa shape index (κ2) is 7.89. The van der Waals surface area contributed by atoms with Crippen LogP contribution in [0.3, 0.4) is 0 Å². The first-order chi connectivity index (χ1) is 13.6. The molecule has 0 atom stereocenters. The summed E-state index contributed by atoms with van der Waals surface area (Å²) in [5, 5.41) is 3.12. The summed E-state index contributed by atoms with van der Waals surface area (Å²) in [5.41, 5.74) is 2.60. The van der Waals surface area contributed by atoms with Crippen LogP contribution in [0.1, 0.15) is 26.2 Å². The Morgan fingerprint density at radius 2 is 2.11 bits per heavy atom. The van der Waals surface area contributed by atoms with Crippen LogP contribution in [0.2, 0.25) is 5.02 Å². The van der Waals surface area contributed by atoms with Crippen molar-refractivity contribution in [2.75, 3.05) is 6.54 Å². The van der Waals surface area contributed by atoms with Crippen LogP contribution >= 0.6 is 22.9 Å². The highest BCUT2D eigenvalue weighted by atomic mass is 35.5. The molecular weight excluding hydrogens is 394 g/mol. The fraction of sp³-hybridized carbons (Fsp3) is 0.286. The number of allylic oxidation sites excluding steroid dienone is 2. The molecular formula is C21H20ClN3O2S. The van der Waals surface area contributed by atoms with E-state index in [0.717, 1.165) is 36.1 Å². The van der Waals surface area contributed by atoms with Crippen LogP contribution < -0.4 is 5.56 Å². The first kappa shape index (κ1) is 18.9. The van der Waals surface area contributed by atoms with Gasteiger partial charge in [-0.3, -0.25) is 14.2 Å². The lowest BCUT2D eigenvalue weighted by Gasteiger charge is -2.22. The Labute approximate surface area is 171 Å². The van der Waals surface area contributed by atoms with Gasteiger partial charge in [-0.15, -0.1) is 11.3 Å². The van der Waals surface area contributed by atoms with Crippen molar-refractivity contribution >= 4 is 39.1 Å². The third-order valence-corrected chi connectivity index (χ3v) is 6.14. The fourth-order valence-corrected chi connectivity index (χ4v) is 4.62. The van der Waals surface area contributed by atoms with Crippen LogP contribution in [-0.2, 0) is 11.3 Å². The number of thiophene rings is 1. The summed E-state index contributed by atoms with van der Waals surface area (Å²) < 4.78 is 1.41. The number of likely N-dealkylation sites (N-methyl/N-ethyl adjacent to an activating group) is 1. The molecule has 3 aromatic rings. The zero-order valence-electron chi connectivity index (χ0n) is 15.5. The van der Waals surface area contributed by atoms with Crippen LogP contribution in [0.25, 0.3) is 21.3 Å². The Balaban J connectivity index is 1.69. The number of carbonyl (C=O) groups is 1. The van der Waals surface area contributed by atoms with Gasteiger partial charge in [0.2, 0.25) is 5.91 Å². The molecule has 5 nitrogen and oxygen atoms in total. The highest BCUT2D eigenvalue weighted by molar-refractivity contribution is 7.17. The summed E-state index contributed by atoms with van der Waals surface area (Å²) in [7, 11) is 0. The van der Waals surface area contributed by atoms with E-state index in [1.165, 1.54) is 22.2 Å². The average Bonchev–Trinajstić information content (AvgIpc) is 3.36. The number of fused-ring (bicyclic) bond motifs is 1. The number of halogens is 1. The second-order valence-corrected chi connectivity index (χ2v) is 8.03. The summed E-state index contributed by atoms with van der Waals surface area (Å²) in [5.74, 6) is -0.0813. The molecule has 0 fully saturated rings. The monoisotopic (exact) mass is 413 g/mol. The lowest BCUT2D eigenvalue weighted by atomic mass is 10.1. The highest BCUT2D eigenvalue weighted by Crippen LogP contribution is 2.31. The molecule has 1 aromatic carbocycles. The van der Waals surface area contributed by atoms with Crippen LogP contribution in [0.4, 0.5) is 0 Å². The molecule has 1 aliphatic carbocycles. The molecule has 7 heteroatoms. The quantitative estimate of drug-likeness (QED) is 0.609. The number of amides is 1. The standard InChI is InChI=1S/C21H20ClN3O2S/c1-2-25(16-5-3-4-6-16)18(26)11-24-13-23-20-19(21(24)27)17(12-28-20)14-7-9-15(22)10-8-14/h5,7-10,12-13H,2-4,6,11H2,1H3. The maximum Gasteiger partial charge on any atom is 0.263 e. The molecule has 0 N–H and O–H groups in total. The predicted octanol–water partition coefficient (Wildman–Crippen LogP) is 4.69. The molecule has 2 aromatic heterocycles. The largest absolute Gasteiger partial charge is 0.315 e. The van der Waals surface area contributed by atoms with Crippen LogP contribution in [0, 0.1) is 0 Å². The van der Waals surface area contributed by atoms with E-state index in [9.17, 15) is 9.59 Å². The summed E-state index contributed by atoms with van der Waals surface area (Å²) >= 11 is 7.40. The van der Waals surface area contributed by atoms with Crippen molar-refractivity contribution in [3.8, 4) is 11.1 Å². The number of rotatable bonds is 5. The van der Waals surface area contributed by atoms with Crippen LogP contribution in [-0.4, -0.2) is 26.9 Å². The predicted molar refractivity (Wildman–Crippen MR) is 114 cm³/mol. The molecule has 0 unspecified atom stereocenters. The molecule has 28 heavy (non-hydrogen) atoms. The second-order valence-electron chi connectivity index (χ2n) is 6.74. The molecule has 0 spiro atoms.